The second-order valence-corrected chi connectivity index (χ2v) is 11.7. The fraction of sp³-hybridized carbons (Fsp3) is 0.654. The Kier molecular flexibility index (Phi) is 7.13. The highest BCUT2D eigenvalue weighted by Crippen LogP contribution is 2.53. The summed E-state index contributed by atoms with van der Waals surface area (Å²) < 4.78 is 0. The Morgan fingerprint density at radius 1 is 1.14 bits per heavy atom. The fourth-order valence-electron chi connectivity index (χ4n) is 6.19. The molecule has 8 nitrogen and oxygen atoms in total. The van der Waals surface area contributed by atoms with Gasteiger partial charge in [0.2, 0.25) is 11.8 Å². The van der Waals surface area contributed by atoms with Crippen molar-refractivity contribution in [1.82, 2.24) is 14.7 Å². The molecule has 0 bridgehead atoms. The van der Waals surface area contributed by atoms with Crippen molar-refractivity contribution in [3.63, 3.8) is 0 Å². The van der Waals surface area contributed by atoms with Crippen molar-refractivity contribution in [2.45, 2.75) is 82.5 Å². The molecule has 4 fully saturated rings. The summed E-state index contributed by atoms with van der Waals surface area (Å²) in [5.41, 5.74) is 0.591. The summed E-state index contributed by atoms with van der Waals surface area (Å²) in [6, 6.07) is 3.86. The molecule has 10 heteroatoms. The third-order valence-corrected chi connectivity index (χ3v) is 9.44. The molecule has 3 heterocycles. The van der Waals surface area contributed by atoms with E-state index in [0.29, 0.717) is 48.2 Å². The molecule has 3 saturated heterocycles. The van der Waals surface area contributed by atoms with E-state index in [-0.39, 0.29) is 35.3 Å². The number of hydrogen-bond donors (Lipinski definition) is 2. The molecule has 5 rings (SSSR count). The highest BCUT2D eigenvalue weighted by molar-refractivity contribution is 6.42. The first-order valence-electron chi connectivity index (χ1n) is 13.0. The molecule has 4 atom stereocenters. The molecule has 36 heavy (non-hydrogen) atoms. The maximum atomic E-state index is 13.4. The van der Waals surface area contributed by atoms with Crippen LogP contribution in [0.1, 0.15) is 58.3 Å². The van der Waals surface area contributed by atoms with E-state index in [1.54, 1.807) is 34.9 Å². The van der Waals surface area contributed by atoms with Crippen LogP contribution in [0.25, 0.3) is 0 Å². The molecule has 0 aromatic heterocycles. The van der Waals surface area contributed by atoms with Gasteiger partial charge in [0.15, 0.2) is 0 Å². The molecule has 1 aromatic carbocycles. The standard InChI is InChI=1S/C26H34Cl2N4O4/c1-16-24(35)32-18(6-8-23(34)30-12-11-26(9-10-26)22(33)15-30)3-2-4-19(32)14-31(16)25(36)29-17-5-7-20(27)21(28)13-17/h5,7,13,16,18-19,22,33H,2-4,6,8-12,14-15H2,1H3,(H,29,36)/t16-,18+,19-,22+/m0/s1. The quantitative estimate of drug-likeness (QED) is 0.604. The Balaban J connectivity index is 1.18. The maximum Gasteiger partial charge on any atom is 0.322 e. The minimum absolute atomic E-state index is 0.00702. The number of likely N-dealkylation sites (tertiary alicyclic amines) is 1. The Morgan fingerprint density at radius 2 is 1.92 bits per heavy atom. The van der Waals surface area contributed by atoms with E-state index in [4.69, 9.17) is 23.2 Å². The van der Waals surface area contributed by atoms with Crippen molar-refractivity contribution in [2.75, 3.05) is 25.0 Å². The molecule has 1 saturated carbocycles. The van der Waals surface area contributed by atoms with Crippen LogP contribution in [0, 0.1) is 5.41 Å². The highest BCUT2D eigenvalue weighted by Gasteiger charge is 2.52. The Hall–Kier alpha value is -2.03. The third kappa shape index (κ3) is 4.92. The van der Waals surface area contributed by atoms with Gasteiger partial charge in [-0.3, -0.25) is 9.59 Å². The number of fused-ring (bicyclic) bond motifs is 1. The monoisotopic (exact) mass is 536 g/mol. The first-order valence-corrected chi connectivity index (χ1v) is 13.7. The number of piperidine rings is 2. The predicted molar refractivity (Wildman–Crippen MR) is 138 cm³/mol. The van der Waals surface area contributed by atoms with Crippen molar-refractivity contribution < 1.29 is 19.5 Å². The second kappa shape index (κ2) is 10.0. The number of urea groups is 1. The summed E-state index contributed by atoms with van der Waals surface area (Å²) in [5.74, 6) is -0.0106. The summed E-state index contributed by atoms with van der Waals surface area (Å²) in [6.45, 7) is 3.35. The van der Waals surface area contributed by atoms with E-state index >= 15 is 0 Å². The minimum atomic E-state index is -0.604. The molecule has 0 unspecified atom stereocenters. The zero-order chi connectivity index (χ0) is 25.6. The lowest BCUT2D eigenvalue weighted by atomic mass is 9.88. The number of benzene rings is 1. The SMILES string of the molecule is C[C@H]1C(=O)N2[C@@H](CCC(=O)N3CCC4(CC4)[C@H](O)C3)CCC[C@H]2CN1C(=O)Nc1ccc(Cl)c(Cl)c1. The number of carbonyl (C=O) groups is 3. The Bertz CT molecular complexity index is 1050. The topological polar surface area (TPSA) is 93.2 Å². The minimum Gasteiger partial charge on any atom is -0.391 e. The number of amides is 4. The molecule has 2 N–H and O–H groups in total. The van der Waals surface area contributed by atoms with Crippen LogP contribution < -0.4 is 5.32 Å². The number of aliphatic hydroxyl groups is 1. The zero-order valence-electron chi connectivity index (χ0n) is 20.6. The number of rotatable bonds is 4. The average Bonchev–Trinajstić information content (AvgIpc) is 3.64. The number of carbonyl (C=O) groups excluding carboxylic acids is 3. The van der Waals surface area contributed by atoms with Crippen molar-refractivity contribution >= 4 is 46.7 Å². The smallest absolute Gasteiger partial charge is 0.322 e. The maximum absolute atomic E-state index is 13.4. The number of aliphatic hydroxyl groups excluding tert-OH is 1. The normalized spacial score (nSPS) is 29.2. The molecule has 3 aliphatic heterocycles. The van der Waals surface area contributed by atoms with E-state index in [0.717, 1.165) is 38.5 Å². The van der Waals surface area contributed by atoms with Gasteiger partial charge in [-0.1, -0.05) is 23.2 Å². The number of β-amino-alcohol motifs (C(OH)–C–C–N with tert-alkyl or cyclic N) is 1. The molecule has 4 amide bonds. The molecule has 1 spiro atoms. The Morgan fingerprint density at radius 3 is 2.61 bits per heavy atom. The van der Waals surface area contributed by atoms with Crippen LogP contribution in [0.3, 0.4) is 0 Å². The summed E-state index contributed by atoms with van der Waals surface area (Å²) in [4.78, 5) is 44.7. The van der Waals surface area contributed by atoms with E-state index in [1.807, 2.05) is 4.90 Å². The van der Waals surface area contributed by atoms with Crippen LogP contribution in [0.2, 0.25) is 10.0 Å². The van der Waals surface area contributed by atoms with Gasteiger partial charge in [0.25, 0.3) is 0 Å². The lowest BCUT2D eigenvalue weighted by molar-refractivity contribution is -0.150. The lowest BCUT2D eigenvalue weighted by Crippen LogP contribution is -2.66. The number of nitrogens with zero attached hydrogens (tertiary/aromatic N) is 3. The van der Waals surface area contributed by atoms with E-state index in [2.05, 4.69) is 5.32 Å². The van der Waals surface area contributed by atoms with E-state index in [9.17, 15) is 19.5 Å². The van der Waals surface area contributed by atoms with E-state index < -0.39 is 12.1 Å². The van der Waals surface area contributed by atoms with Crippen molar-refractivity contribution in [2.24, 2.45) is 5.41 Å². The summed E-state index contributed by atoms with van der Waals surface area (Å²) in [6.07, 6.45) is 6.23. The van der Waals surface area contributed by atoms with Crippen molar-refractivity contribution in [3.05, 3.63) is 28.2 Å². The summed E-state index contributed by atoms with van der Waals surface area (Å²) in [7, 11) is 0. The predicted octanol–water partition coefficient (Wildman–Crippen LogP) is 4.13. The van der Waals surface area contributed by atoms with Gasteiger partial charge < -0.3 is 25.1 Å². The number of hydrogen-bond acceptors (Lipinski definition) is 4. The zero-order valence-corrected chi connectivity index (χ0v) is 22.1. The summed E-state index contributed by atoms with van der Waals surface area (Å²) >= 11 is 12.0. The molecule has 196 valence electrons. The largest absolute Gasteiger partial charge is 0.391 e. The second-order valence-electron chi connectivity index (χ2n) is 10.9. The molecular formula is C26H34Cl2N4O4. The Labute approximate surface area is 221 Å². The molecule has 1 aromatic rings. The number of halogens is 2. The first kappa shape index (κ1) is 25.6. The number of piperazine rings is 1. The van der Waals surface area contributed by atoms with Crippen LogP contribution in [0.5, 0.6) is 0 Å². The summed E-state index contributed by atoms with van der Waals surface area (Å²) in [5, 5.41) is 14.0. The molecule has 0 radical (unpaired) electrons. The van der Waals surface area contributed by atoms with Gasteiger partial charge in [-0.2, -0.15) is 0 Å². The molecule has 4 aliphatic rings. The van der Waals surface area contributed by atoms with Gasteiger partial charge in [0, 0.05) is 43.8 Å². The highest BCUT2D eigenvalue weighted by atomic mass is 35.5. The van der Waals surface area contributed by atoms with Crippen LogP contribution in [-0.4, -0.2) is 81.5 Å². The first-order chi connectivity index (χ1) is 17.2. The fourth-order valence-corrected chi connectivity index (χ4v) is 6.48. The number of nitrogens with one attached hydrogen (secondary N) is 1. The van der Waals surface area contributed by atoms with Gasteiger partial charge >= 0.3 is 6.03 Å². The van der Waals surface area contributed by atoms with Gasteiger partial charge in [0.05, 0.1) is 16.1 Å². The average molecular weight is 537 g/mol. The van der Waals surface area contributed by atoms with Crippen LogP contribution in [0.15, 0.2) is 18.2 Å². The van der Waals surface area contributed by atoms with Crippen LogP contribution in [0.4, 0.5) is 10.5 Å². The number of anilines is 1. The van der Waals surface area contributed by atoms with Crippen LogP contribution in [-0.2, 0) is 9.59 Å². The lowest BCUT2D eigenvalue weighted by Gasteiger charge is -2.50. The van der Waals surface area contributed by atoms with E-state index in [1.165, 1.54) is 0 Å². The van der Waals surface area contributed by atoms with Crippen LogP contribution >= 0.6 is 23.2 Å². The van der Waals surface area contributed by atoms with Crippen molar-refractivity contribution in [3.8, 4) is 0 Å². The molecular weight excluding hydrogens is 503 g/mol. The van der Waals surface area contributed by atoms with Gasteiger partial charge in [-0.05, 0) is 75.5 Å². The third-order valence-electron chi connectivity index (χ3n) is 8.70. The van der Waals surface area contributed by atoms with Gasteiger partial charge in [-0.15, -0.1) is 0 Å². The molecule has 1 aliphatic carbocycles. The van der Waals surface area contributed by atoms with Crippen molar-refractivity contribution in [1.29, 1.82) is 0 Å². The van der Waals surface area contributed by atoms with Gasteiger partial charge in [0.1, 0.15) is 6.04 Å². The van der Waals surface area contributed by atoms with Gasteiger partial charge in [-0.25, -0.2) is 4.79 Å².